The molecule has 0 saturated heterocycles. The first-order valence-electron chi connectivity index (χ1n) is 11.3. The van der Waals surface area contributed by atoms with Gasteiger partial charge in [-0.15, -0.1) is 0 Å². The summed E-state index contributed by atoms with van der Waals surface area (Å²) in [5.74, 6) is -2.39. The third-order valence-electron chi connectivity index (χ3n) is 4.96. The normalized spacial score (nSPS) is 16.7. The van der Waals surface area contributed by atoms with Crippen molar-refractivity contribution in [2.75, 3.05) is 13.2 Å². The molecule has 0 unspecified atom stereocenters. The van der Waals surface area contributed by atoms with Gasteiger partial charge in [-0.1, -0.05) is 69.8 Å². The first kappa shape index (κ1) is 26.0. The van der Waals surface area contributed by atoms with Crippen LogP contribution in [0.25, 0.3) is 0 Å². The predicted molar refractivity (Wildman–Crippen MR) is 117 cm³/mol. The van der Waals surface area contributed by atoms with E-state index in [1.54, 1.807) is 0 Å². The molecule has 1 aliphatic heterocycles. The highest BCUT2D eigenvalue weighted by Gasteiger charge is 2.39. The number of rotatable bonds is 17. The largest absolute Gasteiger partial charge is 0.507 e. The zero-order valence-electron chi connectivity index (χ0n) is 18.3. The molecule has 0 aromatic rings. The number of ether oxygens (including phenoxy) is 2. The maximum atomic E-state index is 11.9. The molecule has 170 valence electrons. The molecule has 0 bridgehead atoms. The molecule has 2 N–H and O–H groups in total. The number of hydrogen-bond acceptors (Lipinski definition) is 6. The van der Waals surface area contributed by atoms with Crippen LogP contribution in [-0.2, 0) is 19.1 Å². The van der Waals surface area contributed by atoms with Gasteiger partial charge in [0.15, 0.2) is 17.4 Å². The van der Waals surface area contributed by atoms with Crippen LogP contribution in [0.15, 0.2) is 35.6 Å². The van der Waals surface area contributed by atoms with Crippen LogP contribution in [0.1, 0.15) is 84.0 Å². The second-order valence-corrected chi connectivity index (χ2v) is 7.56. The molecule has 0 aromatic heterocycles. The van der Waals surface area contributed by atoms with Gasteiger partial charge < -0.3 is 19.7 Å². The van der Waals surface area contributed by atoms with Crippen LogP contribution in [0.4, 0.5) is 0 Å². The molecule has 1 atom stereocenters. The molecule has 0 aliphatic carbocycles. The molecule has 0 amide bonds. The molecule has 0 spiro atoms. The van der Waals surface area contributed by atoms with Crippen molar-refractivity contribution in [1.29, 1.82) is 0 Å². The molecule has 0 radical (unpaired) electrons. The van der Waals surface area contributed by atoms with Gasteiger partial charge in [0.1, 0.15) is 0 Å². The highest BCUT2D eigenvalue weighted by Crippen LogP contribution is 2.21. The summed E-state index contributed by atoms with van der Waals surface area (Å²) in [5, 5.41) is 18.7. The maximum absolute atomic E-state index is 11.9. The van der Waals surface area contributed by atoms with Gasteiger partial charge in [0, 0.05) is 0 Å². The highest BCUT2D eigenvalue weighted by atomic mass is 16.6. The Hall–Kier alpha value is -2.08. The molecular formula is C24H38O6. The summed E-state index contributed by atoms with van der Waals surface area (Å²) in [6, 6.07) is 0. The summed E-state index contributed by atoms with van der Waals surface area (Å²) >= 11 is 0. The Morgan fingerprint density at radius 3 is 2.17 bits per heavy atom. The monoisotopic (exact) mass is 422 g/mol. The Morgan fingerprint density at radius 1 is 0.967 bits per heavy atom. The van der Waals surface area contributed by atoms with E-state index >= 15 is 0 Å². The fourth-order valence-corrected chi connectivity index (χ4v) is 3.15. The van der Waals surface area contributed by atoms with Crippen LogP contribution in [0, 0.1) is 0 Å². The second-order valence-electron chi connectivity index (χ2n) is 7.56. The minimum absolute atomic E-state index is 0.196. The van der Waals surface area contributed by atoms with Gasteiger partial charge >= 0.3 is 11.9 Å². The lowest BCUT2D eigenvalue weighted by Crippen LogP contribution is -2.16. The summed E-state index contributed by atoms with van der Waals surface area (Å²) < 4.78 is 9.70. The Kier molecular flexibility index (Phi) is 14.4. The minimum Gasteiger partial charge on any atom is -0.507 e. The third kappa shape index (κ3) is 10.6. The fourth-order valence-electron chi connectivity index (χ4n) is 3.15. The number of aliphatic hydroxyl groups is 2. The molecular weight excluding hydrogens is 384 g/mol. The Balaban J connectivity index is 1.95. The van der Waals surface area contributed by atoms with Crippen molar-refractivity contribution in [2.24, 2.45) is 0 Å². The molecule has 1 rings (SSSR count). The van der Waals surface area contributed by atoms with Crippen LogP contribution < -0.4 is 0 Å². The van der Waals surface area contributed by atoms with Gasteiger partial charge in [-0.25, -0.2) is 9.59 Å². The molecule has 1 heterocycles. The number of allylic oxidation sites excluding steroid dienone is 4. The summed E-state index contributed by atoms with van der Waals surface area (Å²) in [6.07, 6.45) is 21.3. The average Bonchev–Trinajstić information content (AvgIpc) is 3.03. The summed E-state index contributed by atoms with van der Waals surface area (Å²) in [6.45, 7) is 1.85. The van der Waals surface area contributed by atoms with Crippen molar-refractivity contribution in [2.45, 2.75) is 90.1 Å². The van der Waals surface area contributed by atoms with Crippen molar-refractivity contribution in [1.82, 2.24) is 0 Å². The summed E-state index contributed by atoms with van der Waals surface area (Å²) in [4.78, 5) is 23.4. The van der Waals surface area contributed by atoms with Gasteiger partial charge in [-0.2, -0.15) is 0 Å². The van der Waals surface area contributed by atoms with E-state index in [1.807, 2.05) is 0 Å². The van der Waals surface area contributed by atoms with Crippen LogP contribution >= 0.6 is 0 Å². The smallest absolute Gasteiger partial charge is 0.350 e. The van der Waals surface area contributed by atoms with E-state index in [-0.39, 0.29) is 6.61 Å². The molecule has 30 heavy (non-hydrogen) atoms. The number of esters is 2. The number of unbranched alkanes of at least 4 members (excludes halogenated alkanes) is 9. The van der Waals surface area contributed by atoms with Gasteiger partial charge in [0.25, 0.3) is 0 Å². The van der Waals surface area contributed by atoms with E-state index in [2.05, 4.69) is 36.0 Å². The third-order valence-corrected chi connectivity index (χ3v) is 4.96. The molecule has 0 fully saturated rings. The van der Waals surface area contributed by atoms with E-state index in [4.69, 9.17) is 9.84 Å². The Morgan fingerprint density at radius 2 is 1.57 bits per heavy atom. The number of carbonyl (C=O) groups is 2. The Labute approximate surface area is 180 Å². The molecule has 6 nitrogen and oxygen atoms in total. The quantitative estimate of drug-likeness (QED) is 0.147. The zero-order chi connectivity index (χ0) is 22.0. The fraction of sp³-hybridized carbons (Fsp3) is 0.667. The second kappa shape index (κ2) is 16.7. The van der Waals surface area contributed by atoms with Crippen LogP contribution in [0.5, 0.6) is 0 Å². The zero-order valence-corrected chi connectivity index (χ0v) is 18.3. The van der Waals surface area contributed by atoms with E-state index in [0.717, 1.165) is 32.1 Å². The van der Waals surface area contributed by atoms with Crippen molar-refractivity contribution in [3.05, 3.63) is 35.6 Å². The first-order chi connectivity index (χ1) is 14.6. The maximum Gasteiger partial charge on any atom is 0.350 e. The van der Waals surface area contributed by atoms with Crippen molar-refractivity contribution < 1.29 is 29.3 Å². The number of aliphatic hydroxyl groups excluding tert-OH is 2. The van der Waals surface area contributed by atoms with Crippen LogP contribution in [0.3, 0.4) is 0 Å². The summed E-state index contributed by atoms with van der Waals surface area (Å²) in [7, 11) is 0. The topological polar surface area (TPSA) is 93.1 Å². The molecule has 6 heteroatoms. The van der Waals surface area contributed by atoms with E-state index < -0.39 is 36.0 Å². The lowest BCUT2D eigenvalue weighted by Gasteiger charge is -2.04. The van der Waals surface area contributed by atoms with Crippen LogP contribution in [-0.4, -0.2) is 41.5 Å². The van der Waals surface area contributed by atoms with E-state index in [9.17, 15) is 14.7 Å². The van der Waals surface area contributed by atoms with Gasteiger partial charge in [0.2, 0.25) is 0 Å². The standard InChI is InChI=1S/C24H38O6/c1-2-3-4-5-6-7-8-9-10-11-12-13-14-15-16-17-18-29-23(27)21-22(26)20(19-25)30-24(21)28/h6-7,9-10,20,25-26H,2-5,8,11-19H2,1H3/b7-6-,10-9-/t20-/m1/s1. The number of carbonyl (C=O) groups excluding carboxylic acids is 2. The average molecular weight is 423 g/mol. The van der Waals surface area contributed by atoms with Gasteiger partial charge in [-0.3, -0.25) is 0 Å². The van der Waals surface area contributed by atoms with Crippen molar-refractivity contribution in [3.8, 4) is 0 Å². The van der Waals surface area contributed by atoms with Crippen molar-refractivity contribution >= 4 is 11.9 Å². The SMILES string of the molecule is CCCCC/C=C\C/C=C\CCCCCCCCOC(=O)C1=C(O)[C@@H](CO)OC1=O. The lowest BCUT2D eigenvalue weighted by atomic mass is 10.1. The van der Waals surface area contributed by atoms with Crippen LogP contribution in [0.2, 0.25) is 0 Å². The van der Waals surface area contributed by atoms with E-state index in [1.165, 1.54) is 38.5 Å². The van der Waals surface area contributed by atoms with E-state index in [0.29, 0.717) is 6.42 Å². The molecule has 1 aliphatic rings. The number of hydrogen-bond donors (Lipinski definition) is 2. The minimum atomic E-state index is -1.16. The predicted octanol–water partition coefficient (Wildman–Crippen LogP) is 5.07. The lowest BCUT2D eigenvalue weighted by molar-refractivity contribution is -0.147. The first-order valence-corrected chi connectivity index (χ1v) is 11.3. The molecule has 0 aromatic carbocycles. The highest BCUT2D eigenvalue weighted by molar-refractivity contribution is 6.16. The van der Waals surface area contributed by atoms with Crippen molar-refractivity contribution in [3.63, 3.8) is 0 Å². The Bertz CT molecular complexity index is 591. The van der Waals surface area contributed by atoms with Gasteiger partial charge in [0.05, 0.1) is 13.2 Å². The number of cyclic esters (lactones) is 1. The summed E-state index contributed by atoms with van der Waals surface area (Å²) in [5.41, 5.74) is -0.505. The van der Waals surface area contributed by atoms with Gasteiger partial charge in [-0.05, 0) is 38.5 Å². The molecule has 0 saturated carbocycles.